The molecule has 12 heavy (non-hydrogen) atoms. The van der Waals surface area contributed by atoms with Gasteiger partial charge in [0.05, 0.1) is 19.9 Å². The summed E-state index contributed by atoms with van der Waals surface area (Å²) in [6.07, 6.45) is -0.0295. The van der Waals surface area contributed by atoms with E-state index in [0.717, 1.165) is 0 Å². The fourth-order valence-electron chi connectivity index (χ4n) is 0.383. The fraction of sp³-hybridized carbons (Fsp3) is 1.00. The van der Waals surface area contributed by atoms with Crippen LogP contribution in [0, 0.1) is 0 Å². The lowest BCUT2D eigenvalue weighted by Crippen LogP contribution is -2.12. The van der Waals surface area contributed by atoms with Gasteiger partial charge in [-0.3, -0.25) is 4.39 Å². The van der Waals surface area contributed by atoms with E-state index in [9.17, 15) is 17.2 Å². The molecule has 0 rings (SSSR count). The van der Waals surface area contributed by atoms with Gasteiger partial charge in [0.25, 0.3) is 0 Å². The molecule has 7 heteroatoms. The van der Waals surface area contributed by atoms with Gasteiger partial charge in [0.2, 0.25) is 0 Å². The number of hydrogen-bond donors (Lipinski definition) is 0. The number of alkyl halides is 2. The van der Waals surface area contributed by atoms with Crippen molar-refractivity contribution in [1.29, 1.82) is 0 Å². The largest absolute Gasteiger partial charge is 0.399 e. The summed E-state index contributed by atoms with van der Waals surface area (Å²) in [5, 5.41) is 0. The molecule has 0 aliphatic heterocycles. The topological polar surface area (TPSA) is 52.6 Å². The molecule has 0 saturated carbocycles. The zero-order chi connectivity index (χ0) is 9.45. The zero-order valence-electron chi connectivity index (χ0n) is 6.33. The number of halogens is 2. The van der Waals surface area contributed by atoms with E-state index in [1.165, 1.54) is 0 Å². The summed E-state index contributed by atoms with van der Waals surface area (Å²) in [7, 11) is -4.12. The van der Waals surface area contributed by atoms with Gasteiger partial charge in [-0.05, 0) is 0 Å². The van der Waals surface area contributed by atoms with Gasteiger partial charge in [0.15, 0.2) is 0 Å². The third-order valence-electron chi connectivity index (χ3n) is 0.810. The monoisotopic (exact) mass is 204 g/mol. The van der Waals surface area contributed by atoms with Crippen molar-refractivity contribution in [3.63, 3.8) is 0 Å². The molecule has 0 bridgehead atoms. The van der Waals surface area contributed by atoms with Crippen LogP contribution in [0.4, 0.5) is 8.78 Å². The average Bonchev–Trinajstić information content (AvgIpc) is 2.01. The minimum Gasteiger partial charge on any atom is -0.251 e. The van der Waals surface area contributed by atoms with Crippen molar-refractivity contribution in [2.75, 3.05) is 26.6 Å². The highest BCUT2D eigenvalue weighted by Gasteiger charge is 2.10. The molecule has 0 aromatic carbocycles. The van der Waals surface area contributed by atoms with Gasteiger partial charge in [-0.25, -0.2) is 12.8 Å². The molecule has 0 fully saturated rings. The standard InChI is InChI=1S/C5H10F2O4S/c6-2-1-4-10-12(8,9)11-5-3-7/h1-5H2. The maximum absolute atomic E-state index is 11.4. The molecule has 74 valence electrons. The van der Waals surface area contributed by atoms with Crippen molar-refractivity contribution in [2.24, 2.45) is 0 Å². The van der Waals surface area contributed by atoms with Crippen molar-refractivity contribution in [1.82, 2.24) is 0 Å². The van der Waals surface area contributed by atoms with Gasteiger partial charge in [0, 0.05) is 6.42 Å². The predicted octanol–water partition coefficient (Wildman–Crippen LogP) is 0.594. The Balaban J connectivity index is 3.58. The molecule has 0 aliphatic rings. The minimum absolute atomic E-state index is 0.0295. The van der Waals surface area contributed by atoms with Crippen LogP contribution in [-0.4, -0.2) is 35.0 Å². The van der Waals surface area contributed by atoms with Gasteiger partial charge < -0.3 is 0 Å². The quantitative estimate of drug-likeness (QED) is 0.569. The van der Waals surface area contributed by atoms with Crippen LogP contribution in [0.15, 0.2) is 0 Å². The second-order valence-electron chi connectivity index (χ2n) is 1.78. The minimum atomic E-state index is -4.12. The van der Waals surface area contributed by atoms with E-state index in [0.29, 0.717) is 0 Å². The van der Waals surface area contributed by atoms with E-state index in [4.69, 9.17) is 0 Å². The second-order valence-corrected chi connectivity index (χ2v) is 3.07. The van der Waals surface area contributed by atoms with Crippen molar-refractivity contribution in [2.45, 2.75) is 6.42 Å². The predicted molar refractivity (Wildman–Crippen MR) is 37.4 cm³/mol. The molecule has 0 N–H and O–H groups in total. The van der Waals surface area contributed by atoms with E-state index >= 15 is 0 Å². The Labute approximate surface area is 69.8 Å². The molecule has 0 heterocycles. The Morgan fingerprint density at radius 1 is 1.00 bits per heavy atom. The third-order valence-corrected chi connectivity index (χ3v) is 1.72. The molecule has 4 nitrogen and oxygen atoms in total. The Morgan fingerprint density at radius 2 is 1.58 bits per heavy atom. The Hall–Kier alpha value is -0.270. The van der Waals surface area contributed by atoms with E-state index in [1.807, 2.05) is 0 Å². The van der Waals surface area contributed by atoms with E-state index in [1.54, 1.807) is 0 Å². The van der Waals surface area contributed by atoms with Crippen LogP contribution in [0.1, 0.15) is 6.42 Å². The normalized spacial score (nSPS) is 11.8. The summed E-state index contributed by atoms with van der Waals surface area (Å²) in [5.74, 6) is 0. The van der Waals surface area contributed by atoms with Gasteiger partial charge in [0.1, 0.15) is 6.67 Å². The highest BCUT2D eigenvalue weighted by molar-refractivity contribution is 7.81. The van der Waals surface area contributed by atoms with Crippen LogP contribution >= 0.6 is 0 Å². The molecule has 0 aromatic heterocycles. The van der Waals surface area contributed by atoms with Crippen LogP contribution in [0.25, 0.3) is 0 Å². The third kappa shape index (κ3) is 6.44. The highest BCUT2D eigenvalue weighted by atomic mass is 32.3. The molecule has 0 radical (unpaired) electrons. The fourth-order valence-corrected chi connectivity index (χ4v) is 1.04. The second kappa shape index (κ2) is 6.27. The molecule has 0 atom stereocenters. The van der Waals surface area contributed by atoms with E-state index in [-0.39, 0.29) is 13.0 Å². The van der Waals surface area contributed by atoms with Crippen molar-refractivity contribution < 1.29 is 25.6 Å². The number of hydrogen-bond acceptors (Lipinski definition) is 4. The SMILES string of the molecule is O=S(=O)(OCCF)OCCCF. The molecule has 0 saturated heterocycles. The first-order chi connectivity index (χ1) is 5.62. The first-order valence-corrected chi connectivity index (χ1v) is 4.61. The lowest BCUT2D eigenvalue weighted by atomic mass is 10.5. The van der Waals surface area contributed by atoms with Crippen LogP contribution in [0.3, 0.4) is 0 Å². The molecular formula is C5H10F2O4S. The Morgan fingerprint density at radius 3 is 2.08 bits per heavy atom. The lowest BCUT2D eigenvalue weighted by Gasteiger charge is -2.02. The average molecular weight is 204 g/mol. The summed E-state index contributed by atoms with van der Waals surface area (Å²) < 4.78 is 52.0. The van der Waals surface area contributed by atoms with Crippen molar-refractivity contribution in [3.8, 4) is 0 Å². The molecule has 0 amide bonds. The maximum atomic E-state index is 11.4. The molecule has 0 unspecified atom stereocenters. The first kappa shape index (κ1) is 11.7. The van der Waals surface area contributed by atoms with Crippen molar-refractivity contribution >= 4 is 10.4 Å². The van der Waals surface area contributed by atoms with Gasteiger partial charge in [-0.1, -0.05) is 0 Å². The summed E-state index contributed by atoms with van der Waals surface area (Å²) >= 11 is 0. The molecular weight excluding hydrogens is 194 g/mol. The van der Waals surface area contributed by atoms with Crippen LogP contribution in [0.5, 0.6) is 0 Å². The highest BCUT2D eigenvalue weighted by Crippen LogP contribution is 1.97. The smallest absolute Gasteiger partial charge is 0.251 e. The summed E-state index contributed by atoms with van der Waals surface area (Å²) in [5.41, 5.74) is 0. The maximum Gasteiger partial charge on any atom is 0.399 e. The molecule has 0 aromatic rings. The van der Waals surface area contributed by atoms with Crippen LogP contribution in [0.2, 0.25) is 0 Å². The number of rotatable bonds is 7. The molecule has 0 aliphatic carbocycles. The zero-order valence-corrected chi connectivity index (χ0v) is 7.15. The summed E-state index contributed by atoms with van der Waals surface area (Å²) in [6.45, 7) is -2.44. The Kier molecular flexibility index (Phi) is 6.13. The van der Waals surface area contributed by atoms with Gasteiger partial charge in [-0.2, -0.15) is 8.42 Å². The van der Waals surface area contributed by atoms with E-state index in [2.05, 4.69) is 8.37 Å². The van der Waals surface area contributed by atoms with Crippen molar-refractivity contribution in [3.05, 3.63) is 0 Å². The van der Waals surface area contributed by atoms with E-state index < -0.39 is 30.4 Å². The van der Waals surface area contributed by atoms with Gasteiger partial charge >= 0.3 is 10.4 Å². The first-order valence-electron chi connectivity index (χ1n) is 3.28. The Bertz CT molecular complexity index is 192. The van der Waals surface area contributed by atoms with Gasteiger partial charge in [-0.15, -0.1) is 0 Å². The molecule has 0 spiro atoms. The summed E-state index contributed by atoms with van der Waals surface area (Å²) in [4.78, 5) is 0. The van der Waals surface area contributed by atoms with Crippen LogP contribution in [-0.2, 0) is 18.8 Å². The van der Waals surface area contributed by atoms with Crippen LogP contribution < -0.4 is 0 Å². The lowest BCUT2D eigenvalue weighted by molar-refractivity contribution is 0.196. The summed E-state index contributed by atoms with van der Waals surface area (Å²) in [6, 6.07) is 0.